The molecule has 0 saturated heterocycles. The SMILES string of the molecule is Cn1c(=O)n(Cc2ccccc2C#N)c(=O)c2c1nc(NC1CCCCC1N)n2Cc1ccccc1Cl. The van der Waals surface area contributed by atoms with Gasteiger partial charge in [-0.05, 0) is 36.1 Å². The third-order valence-electron chi connectivity index (χ3n) is 7.12. The van der Waals surface area contributed by atoms with Gasteiger partial charge in [0.1, 0.15) is 0 Å². The Morgan fingerprint density at radius 3 is 2.46 bits per heavy atom. The van der Waals surface area contributed by atoms with Crippen LogP contribution in [0.2, 0.25) is 5.02 Å². The van der Waals surface area contributed by atoms with Gasteiger partial charge in [0.15, 0.2) is 11.2 Å². The molecule has 1 aliphatic rings. The minimum atomic E-state index is -0.506. The molecule has 2 aromatic carbocycles. The highest BCUT2D eigenvalue weighted by atomic mass is 35.5. The maximum Gasteiger partial charge on any atom is 0.332 e. The predicted octanol–water partition coefficient (Wildman–Crippen LogP) is 3.20. The smallest absolute Gasteiger partial charge is 0.332 e. The second kappa shape index (κ2) is 10.2. The zero-order valence-corrected chi connectivity index (χ0v) is 21.3. The Morgan fingerprint density at radius 2 is 1.73 bits per heavy atom. The maximum atomic E-state index is 13.9. The van der Waals surface area contributed by atoms with Crippen molar-refractivity contribution in [1.29, 1.82) is 5.26 Å². The van der Waals surface area contributed by atoms with Gasteiger partial charge in [-0.2, -0.15) is 10.2 Å². The molecule has 37 heavy (non-hydrogen) atoms. The highest BCUT2D eigenvalue weighted by Crippen LogP contribution is 2.25. The Labute approximate surface area is 218 Å². The Morgan fingerprint density at radius 1 is 1.05 bits per heavy atom. The van der Waals surface area contributed by atoms with E-state index in [2.05, 4.69) is 11.4 Å². The van der Waals surface area contributed by atoms with E-state index in [4.69, 9.17) is 22.3 Å². The summed E-state index contributed by atoms with van der Waals surface area (Å²) in [6.45, 7) is 0.251. The third kappa shape index (κ3) is 4.66. The van der Waals surface area contributed by atoms with Gasteiger partial charge in [0.05, 0.1) is 24.7 Å². The lowest BCUT2D eigenvalue weighted by atomic mass is 9.91. The summed E-state index contributed by atoms with van der Waals surface area (Å²) in [4.78, 5) is 31.9. The molecule has 1 fully saturated rings. The van der Waals surface area contributed by atoms with E-state index >= 15 is 0 Å². The number of hydrogen-bond donors (Lipinski definition) is 2. The van der Waals surface area contributed by atoms with Crippen molar-refractivity contribution >= 4 is 28.7 Å². The number of benzene rings is 2. The van der Waals surface area contributed by atoms with E-state index in [1.165, 1.54) is 4.57 Å². The second-order valence-electron chi connectivity index (χ2n) is 9.49. The number of aromatic nitrogens is 4. The molecule has 1 saturated carbocycles. The number of anilines is 1. The van der Waals surface area contributed by atoms with Crippen molar-refractivity contribution in [3.05, 3.63) is 91.1 Å². The fourth-order valence-electron chi connectivity index (χ4n) is 5.01. The zero-order valence-electron chi connectivity index (χ0n) is 20.5. The van der Waals surface area contributed by atoms with Crippen LogP contribution in [0.1, 0.15) is 42.4 Å². The molecular formula is C27H28ClN7O2. The van der Waals surface area contributed by atoms with E-state index in [9.17, 15) is 14.9 Å². The maximum absolute atomic E-state index is 13.9. The van der Waals surface area contributed by atoms with Gasteiger partial charge in [-0.3, -0.25) is 18.5 Å². The van der Waals surface area contributed by atoms with Crippen LogP contribution in [0.4, 0.5) is 5.95 Å². The molecule has 4 aromatic rings. The van der Waals surface area contributed by atoms with Crippen LogP contribution in [0, 0.1) is 11.3 Å². The first-order valence-electron chi connectivity index (χ1n) is 12.3. The first kappa shape index (κ1) is 24.8. The number of rotatable bonds is 6. The van der Waals surface area contributed by atoms with E-state index in [1.54, 1.807) is 41.9 Å². The fourth-order valence-corrected chi connectivity index (χ4v) is 5.21. The lowest BCUT2D eigenvalue weighted by Crippen LogP contribution is -2.43. The molecule has 0 radical (unpaired) electrons. The van der Waals surface area contributed by atoms with E-state index in [-0.39, 0.29) is 36.3 Å². The van der Waals surface area contributed by atoms with Crippen molar-refractivity contribution in [2.45, 2.75) is 50.9 Å². The monoisotopic (exact) mass is 517 g/mol. The number of nitrogens with zero attached hydrogens (tertiary/aromatic N) is 5. The summed E-state index contributed by atoms with van der Waals surface area (Å²) in [5.41, 5.74) is 7.79. The molecule has 0 amide bonds. The average Bonchev–Trinajstić information content (AvgIpc) is 3.26. The van der Waals surface area contributed by atoms with E-state index < -0.39 is 11.2 Å². The number of imidazole rings is 1. The minimum absolute atomic E-state index is 0.00248. The standard InChI is InChI=1S/C27H28ClN7O2/c1-33-24-23(25(36)35(27(33)37)15-18-9-3-2-8-17(18)14-29)34(16-19-10-4-5-11-20(19)28)26(32-24)31-22-13-7-6-12-21(22)30/h2-5,8-11,21-22H,6-7,12-13,15-16,30H2,1H3,(H,31,32). The molecule has 2 heterocycles. The van der Waals surface area contributed by atoms with Gasteiger partial charge < -0.3 is 11.1 Å². The quantitative estimate of drug-likeness (QED) is 0.405. The average molecular weight is 518 g/mol. The highest BCUT2D eigenvalue weighted by Gasteiger charge is 2.26. The van der Waals surface area contributed by atoms with E-state index in [1.807, 2.05) is 18.2 Å². The van der Waals surface area contributed by atoms with Gasteiger partial charge in [-0.1, -0.05) is 60.8 Å². The predicted molar refractivity (Wildman–Crippen MR) is 144 cm³/mol. The number of nitrogens with two attached hydrogens (primary N) is 1. The van der Waals surface area contributed by atoms with E-state index in [0.29, 0.717) is 22.1 Å². The molecule has 0 bridgehead atoms. The molecule has 10 heteroatoms. The molecule has 2 atom stereocenters. The molecule has 3 N–H and O–H groups in total. The van der Waals surface area contributed by atoms with Crippen molar-refractivity contribution < 1.29 is 0 Å². The Balaban J connectivity index is 1.70. The lowest BCUT2D eigenvalue weighted by Gasteiger charge is -2.29. The van der Waals surface area contributed by atoms with Crippen molar-refractivity contribution in [2.75, 3.05) is 5.32 Å². The topological polar surface area (TPSA) is 124 Å². The van der Waals surface area contributed by atoms with Crippen LogP contribution < -0.4 is 22.3 Å². The molecule has 9 nitrogen and oxygen atoms in total. The van der Waals surface area contributed by atoms with Crippen LogP contribution in [0.15, 0.2) is 58.1 Å². The molecule has 2 unspecified atom stereocenters. The lowest BCUT2D eigenvalue weighted by molar-refractivity contribution is 0.401. The summed E-state index contributed by atoms with van der Waals surface area (Å²) in [5.74, 6) is 0.472. The molecule has 190 valence electrons. The number of hydrogen-bond acceptors (Lipinski definition) is 6. The minimum Gasteiger partial charge on any atom is -0.351 e. The van der Waals surface area contributed by atoms with Crippen LogP contribution in [0.5, 0.6) is 0 Å². The van der Waals surface area contributed by atoms with Gasteiger partial charge >= 0.3 is 5.69 Å². The zero-order chi connectivity index (χ0) is 26.1. The largest absolute Gasteiger partial charge is 0.351 e. The summed E-state index contributed by atoms with van der Waals surface area (Å²) in [7, 11) is 1.60. The summed E-state index contributed by atoms with van der Waals surface area (Å²) in [6.07, 6.45) is 3.94. The Kier molecular flexibility index (Phi) is 6.87. The molecule has 2 aromatic heterocycles. The number of aryl methyl sites for hydroxylation is 1. The first-order valence-corrected chi connectivity index (χ1v) is 12.7. The van der Waals surface area contributed by atoms with Crippen molar-refractivity contribution in [3.8, 4) is 6.07 Å². The van der Waals surface area contributed by atoms with Gasteiger partial charge in [0.25, 0.3) is 5.56 Å². The Bertz CT molecular complexity index is 1630. The normalized spacial score (nSPS) is 17.6. The van der Waals surface area contributed by atoms with Gasteiger partial charge in [0, 0.05) is 24.2 Å². The van der Waals surface area contributed by atoms with Crippen molar-refractivity contribution in [3.63, 3.8) is 0 Å². The van der Waals surface area contributed by atoms with Gasteiger partial charge in [0.2, 0.25) is 5.95 Å². The van der Waals surface area contributed by atoms with E-state index in [0.717, 1.165) is 35.8 Å². The van der Waals surface area contributed by atoms with Crippen LogP contribution >= 0.6 is 11.6 Å². The van der Waals surface area contributed by atoms with Crippen LogP contribution in [-0.2, 0) is 20.1 Å². The molecule has 1 aliphatic carbocycles. The summed E-state index contributed by atoms with van der Waals surface area (Å²) >= 11 is 6.48. The molecule has 0 aliphatic heterocycles. The van der Waals surface area contributed by atoms with Crippen LogP contribution in [-0.4, -0.2) is 30.8 Å². The van der Waals surface area contributed by atoms with Crippen molar-refractivity contribution in [2.24, 2.45) is 12.8 Å². The third-order valence-corrected chi connectivity index (χ3v) is 7.49. The van der Waals surface area contributed by atoms with Crippen LogP contribution in [0.3, 0.4) is 0 Å². The highest BCUT2D eigenvalue weighted by molar-refractivity contribution is 6.31. The van der Waals surface area contributed by atoms with Crippen LogP contribution in [0.25, 0.3) is 11.2 Å². The van der Waals surface area contributed by atoms with Gasteiger partial charge in [-0.25, -0.2) is 4.79 Å². The number of nitrogens with one attached hydrogen (secondary N) is 1. The molecular weight excluding hydrogens is 490 g/mol. The summed E-state index contributed by atoms with van der Waals surface area (Å²) in [6, 6.07) is 16.5. The first-order chi connectivity index (χ1) is 17.9. The summed E-state index contributed by atoms with van der Waals surface area (Å²) < 4.78 is 4.31. The summed E-state index contributed by atoms with van der Waals surface area (Å²) in [5, 5.41) is 13.5. The number of fused-ring (bicyclic) bond motifs is 1. The fraction of sp³-hybridized carbons (Fsp3) is 0.333. The molecule has 5 rings (SSSR count). The molecule has 0 spiro atoms. The second-order valence-corrected chi connectivity index (χ2v) is 9.89. The van der Waals surface area contributed by atoms with Gasteiger partial charge in [-0.15, -0.1) is 0 Å². The van der Waals surface area contributed by atoms with Crippen molar-refractivity contribution in [1.82, 2.24) is 18.7 Å². The number of nitriles is 1. The Hall–Kier alpha value is -3.87. The number of halogens is 1.